The molecule has 0 aromatic heterocycles. The van der Waals surface area contributed by atoms with Crippen molar-refractivity contribution in [2.75, 3.05) is 19.8 Å². The van der Waals surface area contributed by atoms with Gasteiger partial charge in [-0.2, -0.15) is 0 Å². The molecule has 3 nitrogen and oxygen atoms in total. The maximum Gasteiger partial charge on any atom is 0.191 e. The van der Waals surface area contributed by atoms with Gasteiger partial charge in [0, 0.05) is 12.2 Å². The Hall–Kier alpha value is -1.19. The van der Waals surface area contributed by atoms with Crippen molar-refractivity contribution in [3.05, 3.63) is 35.4 Å². The molecule has 0 saturated carbocycles. The first-order valence-electron chi connectivity index (χ1n) is 5.95. The fourth-order valence-electron chi connectivity index (χ4n) is 1.46. The number of hydrogen-bond donors (Lipinski definition) is 0. The minimum absolute atomic E-state index is 0.0153. The lowest BCUT2D eigenvalue weighted by Crippen LogP contribution is -2.22. The smallest absolute Gasteiger partial charge is 0.191 e. The summed E-state index contributed by atoms with van der Waals surface area (Å²) in [6.07, 6.45) is -0.418. The van der Waals surface area contributed by atoms with E-state index in [2.05, 4.69) is 0 Å². The summed E-state index contributed by atoms with van der Waals surface area (Å²) in [7, 11) is 0. The van der Waals surface area contributed by atoms with Gasteiger partial charge in [-0.3, -0.25) is 4.79 Å². The Bertz CT molecular complexity index is 343. The van der Waals surface area contributed by atoms with Crippen LogP contribution in [-0.2, 0) is 9.47 Å². The number of ketones is 1. The number of aryl methyl sites for hydroxylation is 1. The van der Waals surface area contributed by atoms with E-state index in [9.17, 15) is 4.79 Å². The van der Waals surface area contributed by atoms with Crippen molar-refractivity contribution in [2.24, 2.45) is 0 Å². The molecule has 0 aliphatic rings. The molecule has 1 atom stereocenters. The number of Topliss-reactive ketones (excluding diaryl/α,β-unsaturated/α-hetero) is 1. The van der Waals surface area contributed by atoms with Crippen LogP contribution in [0.4, 0.5) is 0 Å². The van der Waals surface area contributed by atoms with Crippen LogP contribution in [0.25, 0.3) is 0 Å². The molecule has 0 saturated heterocycles. The Morgan fingerprint density at radius 1 is 1.24 bits per heavy atom. The molecule has 0 spiro atoms. The molecule has 0 amide bonds. The molecule has 0 N–H and O–H groups in total. The predicted molar refractivity (Wildman–Crippen MR) is 67.4 cm³/mol. The van der Waals surface area contributed by atoms with Gasteiger partial charge in [0.05, 0.1) is 13.2 Å². The van der Waals surface area contributed by atoms with Gasteiger partial charge in [-0.25, -0.2) is 0 Å². The average Bonchev–Trinajstić information content (AvgIpc) is 2.34. The number of rotatable bonds is 7. The van der Waals surface area contributed by atoms with Crippen molar-refractivity contribution in [2.45, 2.75) is 26.9 Å². The minimum atomic E-state index is -0.418. The molecule has 0 bridgehead atoms. The Balaban J connectivity index is 2.43. The van der Waals surface area contributed by atoms with Crippen molar-refractivity contribution in [3.63, 3.8) is 0 Å². The first kappa shape index (κ1) is 13.9. The van der Waals surface area contributed by atoms with Crippen LogP contribution in [0.2, 0.25) is 0 Å². The quantitative estimate of drug-likeness (QED) is 0.539. The number of hydrogen-bond acceptors (Lipinski definition) is 3. The van der Waals surface area contributed by atoms with Crippen LogP contribution < -0.4 is 0 Å². The molecule has 3 heteroatoms. The molecule has 1 unspecified atom stereocenters. The van der Waals surface area contributed by atoms with Gasteiger partial charge in [-0.05, 0) is 20.8 Å². The molecule has 0 fully saturated rings. The Kier molecular flexibility index (Phi) is 5.87. The van der Waals surface area contributed by atoms with Crippen LogP contribution >= 0.6 is 0 Å². The molecular weight excluding hydrogens is 216 g/mol. The third-order valence-electron chi connectivity index (χ3n) is 2.50. The van der Waals surface area contributed by atoms with Gasteiger partial charge in [0.15, 0.2) is 5.78 Å². The number of carbonyl (C=O) groups excluding carboxylic acids is 1. The van der Waals surface area contributed by atoms with E-state index in [-0.39, 0.29) is 5.78 Å². The second-order valence-corrected chi connectivity index (χ2v) is 3.94. The predicted octanol–water partition coefficient (Wildman–Crippen LogP) is 2.62. The highest BCUT2D eigenvalue weighted by Gasteiger charge is 2.15. The maximum atomic E-state index is 12.0. The molecule has 0 aliphatic heterocycles. The third-order valence-corrected chi connectivity index (χ3v) is 2.50. The molecule has 17 heavy (non-hydrogen) atoms. The Morgan fingerprint density at radius 3 is 2.47 bits per heavy atom. The van der Waals surface area contributed by atoms with E-state index in [4.69, 9.17) is 9.47 Å². The Labute approximate surface area is 103 Å². The summed E-state index contributed by atoms with van der Waals surface area (Å²) in [5, 5.41) is 0. The van der Waals surface area contributed by atoms with Crippen LogP contribution in [0.3, 0.4) is 0 Å². The van der Waals surface area contributed by atoms with E-state index in [1.165, 1.54) is 0 Å². The first-order valence-corrected chi connectivity index (χ1v) is 5.95. The van der Waals surface area contributed by atoms with Crippen molar-refractivity contribution in [3.8, 4) is 0 Å². The highest BCUT2D eigenvalue weighted by atomic mass is 16.5. The molecule has 0 heterocycles. The largest absolute Gasteiger partial charge is 0.379 e. The topological polar surface area (TPSA) is 35.5 Å². The van der Waals surface area contributed by atoms with E-state index >= 15 is 0 Å². The summed E-state index contributed by atoms with van der Waals surface area (Å²) in [6.45, 7) is 7.35. The normalized spacial score (nSPS) is 12.4. The van der Waals surface area contributed by atoms with E-state index in [0.29, 0.717) is 25.4 Å². The second kappa shape index (κ2) is 7.20. The monoisotopic (exact) mass is 236 g/mol. The minimum Gasteiger partial charge on any atom is -0.379 e. The summed E-state index contributed by atoms with van der Waals surface area (Å²) in [4.78, 5) is 12.0. The number of benzene rings is 1. The first-order chi connectivity index (χ1) is 8.15. The summed E-state index contributed by atoms with van der Waals surface area (Å²) in [5.74, 6) is 0.0153. The zero-order valence-corrected chi connectivity index (χ0v) is 10.7. The molecule has 1 aromatic rings. The van der Waals surface area contributed by atoms with Gasteiger partial charge in [-0.15, -0.1) is 0 Å². The third kappa shape index (κ3) is 4.67. The summed E-state index contributed by atoms with van der Waals surface area (Å²) < 4.78 is 10.6. The highest BCUT2D eigenvalue weighted by Crippen LogP contribution is 2.08. The Morgan fingerprint density at radius 2 is 1.88 bits per heavy atom. The maximum absolute atomic E-state index is 12.0. The van der Waals surface area contributed by atoms with Crippen molar-refractivity contribution >= 4 is 5.78 Å². The van der Waals surface area contributed by atoms with Gasteiger partial charge >= 0.3 is 0 Å². The molecule has 0 aliphatic carbocycles. The van der Waals surface area contributed by atoms with E-state index in [0.717, 1.165) is 5.56 Å². The number of ether oxygens (including phenoxy) is 2. The summed E-state index contributed by atoms with van der Waals surface area (Å²) >= 11 is 0. The van der Waals surface area contributed by atoms with Crippen molar-refractivity contribution in [1.29, 1.82) is 0 Å². The molecule has 1 aromatic carbocycles. The van der Waals surface area contributed by atoms with Crippen LogP contribution in [0.5, 0.6) is 0 Å². The van der Waals surface area contributed by atoms with Crippen LogP contribution in [0, 0.1) is 6.92 Å². The van der Waals surface area contributed by atoms with Crippen LogP contribution in [0.1, 0.15) is 29.8 Å². The molecule has 1 rings (SSSR count). The lowest BCUT2D eigenvalue weighted by atomic mass is 10.1. The van der Waals surface area contributed by atoms with E-state index in [1.807, 2.05) is 38.1 Å². The summed E-state index contributed by atoms with van der Waals surface area (Å²) in [6, 6.07) is 7.53. The van der Waals surface area contributed by atoms with Gasteiger partial charge < -0.3 is 9.47 Å². The fraction of sp³-hybridized carbons (Fsp3) is 0.500. The van der Waals surface area contributed by atoms with Gasteiger partial charge in [0.25, 0.3) is 0 Å². The molecule has 0 radical (unpaired) electrons. The lowest BCUT2D eigenvalue weighted by Gasteiger charge is -2.12. The fourth-order valence-corrected chi connectivity index (χ4v) is 1.46. The van der Waals surface area contributed by atoms with Gasteiger partial charge in [0.1, 0.15) is 6.10 Å². The molecular formula is C14H20O3. The zero-order valence-electron chi connectivity index (χ0n) is 10.7. The van der Waals surface area contributed by atoms with E-state index < -0.39 is 6.10 Å². The number of carbonyl (C=O) groups is 1. The van der Waals surface area contributed by atoms with Crippen LogP contribution in [-0.4, -0.2) is 31.7 Å². The SMILES string of the molecule is CCOCCOC(C)C(=O)c1ccc(C)cc1. The second-order valence-electron chi connectivity index (χ2n) is 3.94. The standard InChI is InChI=1S/C14H20O3/c1-4-16-9-10-17-12(3)14(15)13-7-5-11(2)6-8-13/h5-8,12H,4,9-10H2,1-3H3. The van der Waals surface area contributed by atoms with Crippen molar-refractivity contribution < 1.29 is 14.3 Å². The lowest BCUT2D eigenvalue weighted by molar-refractivity contribution is 0.0174. The van der Waals surface area contributed by atoms with Gasteiger partial charge in [0.2, 0.25) is 0 Å². The van der Waals surface area contributed by atoms with Crippen molar-refractivity contribution in [1.82, 2.24) is 0 Å². The van der Waals surface area contributed by atoms with Crippen LogP contribution in [0.15, 0.2) is 24.3 Å². The zero-order chi connectivity index (χ0) is 12.7. The van der Waals surface area contributed by atoms with E-state index in [1.54, 1.807) is 6.92 Å². The molecule has 94 valence electrons. The highest BCUT2D eigenvalue weighted by molar-refractivity contribution is 5.99. The average molecular weight is 236 g/mol. The summed E-state index contributed by atoms with van der Waals surface area (Å²) in [5.41, 5.74) is 1.84. The van der Waals surface area contributed by atoms with Gasteiger partial charge in [-0.1, -0.05) is 29.8 Å².